The number of amides is 1. The summed E-state index contributed by atoms with van der Waals surface area (Å²) in [7, 11) is 0. The van der Waals surface area contributed by atoms with Gasteiger partial charge < -0.3 is 5.32 Å². The standard InChI is InChI=1S/C18H17ClFNO/c19-15-8-6-14(7-9-15)18(10-3-11-18)21-17(22)12-13-4-1-2-5-16(13)20/h1-2,4-9H,3,10-12H2,(H,21,22). The molecule has 22 heavy (non-hydrogen) atoms. The van der Waals surface area contributed by atoms with Crippen LogP contribution < -0.4 is 5.32 Å². The molecule has 2 aromatic carbocycles. The van der Waals surface area contributed by atoms with Crippen molar-refractivity contribution in [3.8, 4) is 0 Å². The van der Waals surface area contributed by atoms with Crippen molar-refractivity contribution in [2.75, 3.05) is 0 Å². The number of carbonyl (C=O) groups is 1. The first-order valence-electron chi connectivity index (χ1n) is 7.40. The van der Waals surface area contributed by atoms with Crippen molar-refractivity contribution in [2.24, 2.45) is 0 Å². The van der Waals surface area contributed by atoms with Crippen LogP contribution >= 0.6 is 11.6 Å². The van der Waals surface area contributed by atoms with Gasteiger partial charge >= 0.3 is 0 Å². The number of hydrogen-bond donors (Lipinski definition) is 1. The lowest BCUT2D eigenvalue weighted by Gasteiger charge is -2.43. The summed E-state index contributed by atoms with van der Waals surface area (Å²) in [5.74, 6) is -0.494. The van der Waals surface area contributed by atoms with Crippen LogP contribution in [0.5, 0.6) is 0 Å². The fourth-order valence-corrected chi connectivity index (χ4v) is 3.04. The molecule has 0 radical (unpaired) electrons. The van der Waals surface area contributed by atoms with E-state index in [1.54, 1.807) is 18.2 Å². The van der Waals surface area contributed by atoms with E-state index in [4.69, 9.17) is 11.6 Å². The SMILES string of the molecule is O=C(Cc1ccccc1F)NC1(c2ccc(Cl)cc2)CCC1. The highest BCUT2D eigenvalue weighted by molar-refractivity contribution is 6.30. The molecule has 1 amide bonds. The van der Waals surface area contributed by atoms with Gasteiger partial charge in [-0.15, -0.1) is 0 Å². The molecule has 2 nitrogen and oxygen atoms in total. The predicted molar refractivity (Wildman–Crippen MR) is 85.2 cm³/mol. The first-order chi connectivity index (χ1) is 10.6. The Morgan fingerprint density at radius 3 is 2.41 bits per heavy atom. The van der Waals surface area contributed by atoms with E-state index in [1.165, 1.54) is 6.07 Å². The van der Waals surface area contributed by atoms with E-state index < -0.39 is 0 Å². The van der Waals surface area contributed by atoms with Crippen molar-refractivity contribution in [2.45, 2.75) is 31.2 Å². The maximum Gasteiger partial charge on any atom is 0.225 e. The fourth-order valence-electron chi connectivity index (χ4n) is 2.91. The number of rotatable bonds is 4. The summed E-state index contributed by atoms with van der Waals surface area (Å²) >= 11 is 5.92. The average Bonchev–Trinajstić information content (AvgIpc) is 2.46. The molecular weight excluding hydrogens is 301 g/mol. The van der Waals surface area contributed by atoms with Gasteiger partial charge in [0.05, 0.1) is 12.0 Å². The van der Waals surface area contributed by atoms with E-state index in [0.29, 0.717) is 10.6 Å². The summed E-state index contributed by atoms with van der Waals surface area (Å²) in [6.07, 6.45) is 2.93. The maximum atomic E-state index is 13.7. The molecule has 1 saturated carbocycles. The number of halogens is 2. The van der Waals surface area contributed by atoms with Gasteiger partial charge in [0.25, 0.3) is 0 Å². The molecule has 0 aliphatic heterocycles. The van der Waals surface area contributed by atoms with Gasteiger partial charge in [0, 0.05) is 5.02 Å². The third-order valence-electron chi connectivity index (χ3n) is 4.29. The van der Waals surface area contributed by atoms with Crippen molar-refractivity contribution < 1.29 is 9.18 Å². The zero-order chi connectivity index (χ0) is 15.6. The van der Waals surface area contributed by atoms with Gasteiger partial charge in [0.2, 0.25) is 5.91 Å². The second-order valence-corrected chi connectivity index (χ2v) is 6.20. The van der Waals surface area contributed by atoms with Crippen molar-refractivity contribution in [1.82, 2.24) is 5.32 Å². The lowest BCUT2D eigenvalue weighted by molar-refractivity contribution is -0.123. The highest BCUT2D eigenvalue weighted by atomic mass is 35.5. The van der Waals surface area contributed by atoms with Crippen LogP contribution in [0, 0.1) is 5.82 Å². The molecule has 0 atom stereocenters. The number of nitrogens with one attached hydrogen (secondary N) is 1. The van der Waals surface area contributed by atoms with Gasteiger partial charge in [-0.2, -0.15) is 0 Å². The largest absolute Gasteiger partial charge is 0.346 e. The van der Waals surface area contributed by atoms with E-state index >= 15 is 0 Å². The van der Waals surface area contributed by atoms with Gasteiger partial charge in [-0.1, -0.05) is 41.9 Å². The Bertz CT molecular complexity index is 680. The summed E-state index contributed by atoms with van der Waals surface area (Å²) in [6.45, 7) is 0. The van der Waals surface area contributed by atoms with E-state index in [-0.39, 0.29) is 23.7 Å². The van der Waals surface area contributed by atoms with Crippen molar-refractivity contribution >= 4 is 17.5 Å². The van der Waals surface area contributed by atoms with E-state index in [2.05, 4.69) is 5.32 Å². The third kappa shape index (κ3) is 3.00. The minimum atomic E-state index is -0.341. The highest BCUT2D eigenvalue weighted by Gasteiger charge is 2.39. The highest BCUT2D eigenvalue weighted by Crippen LogP contribution is 2.41. The molecular formula is C18H17ClFNO. The van der Waals surface area contributed by atoms with Gasteiger partial charge in [0.1, 0.15) is 5.82 Å². The molecule has 0 bridgehead atoms. The second kappa shape index (κ2) is 6.09. The zero-order valence-corrected chi connectivity index (χ0v) is 12.9. The molecule has 0 aromatic heterocycles. The molecule has 0 heterocycles. The normalized spacial score (nSPS) is 15.9. The minimum Gasteiger partial charge on any atom is -0.346 e. The molecule has 4 heteroatoms. The average molecular weight is 318 g/mol. The quantitative estimate of drug-likeness (QED) is 0.899. The van der Waals surface area contributed by atoms with Crippen molar-refractivity contribution in [1.29, 1.82) is 0 Å². The third-order valence-corrected chi connectivity index (χ3v) is 4.54. The van der Waals surface area contributed by atoms with Crippen LogP contribution in [0.25, 0.3) is 0 Å². The van der Waals surface area contributed by atoms with Crippen LogP contribution in [0.3, 0.4) is 0 Å². The van der Waals surface area contributed by atoms with E-state index in [0.717, 1.165) is 24.8 Å². The Hall–Kier alpha value is -1.87. The van der Waals surface area contributed by atoms with Crippen LogP contribution in [0.4, 0.5) is 4.39 Å². The van der Waals surface area contributed by atoms with Crippen LogP contribution in [-0.2, 0) is 16.8 Å². The van der Waals surface area contributed by atoms with Gasteiger partial charge in [-0.25, -0.2) is 4.39 Å². The maximum absolute atomic E-state index is 13.7. The summed E-state index contributed by atoms with van der Waals surface area (Å²) < 4.78 is 13.7. The molecule has 1 fully saturated rings. The minimum absolute atomic E-state index is 0.0576. The molecule has 2 aromatic rings. The Kier molecular flexibility index (Phi) is 4.16. The van der Waals surface area contributed by atoms with Crippen LogP contribution in [0.15, 0.2) is 48.5 Å². The van der Waals surface area contributed by atoms with Crippen molar-refractivity contribution in [3.63, 3.8) is 0 Å². The molecule has 0 unspecified atom stereocenters. The Labute approximate surface area is 134 Å². The number of benzene rings is 2. The molecule has 3 rings (SSSR count). The lowest BCUT2D eigenvalue weighted by atomic mass is 9.71. The van der Waals surface area contributed by atoms with Crippen LogP contribution in [-0.4, -0.2) is 5.91 Å². The topological polar surface area (TPSA) is 29.1 Å². The molecule has 0 saturated heterocycles. The van der Waals surface area contributed by atoms with E-state index in [9.17, 15) is 9.18 Å². The Morgan fingerprint density at radius 2 is 1.82 bits per heavy atom. The Morgan fingerprint density at radius 1 is 1.14 bits per heavy atom. The molecule has 1 N–H and O–H groups in total. The van der Waals surface area contributed by atoms with E-state index in [1.807, 2.05) is 24.3 Å². The number of hydrogen-bond acceptors (Lipinski definition) is 1. The van der Waals surface area contributed by atoms with Gasteiger partial charge in [0.15, 0.2) is 0 Å². The van der Waals surface area contributed by atoms with Crippen LogP contribution in [0.2, 0.25) is 5.02 Å². The molecule has 1 aliphatic rings. The molecule has 114 valence electrons. The van der Waals surface area contributed by atoms with Gasteiger partial charge in [-0.3, -0.25) is 4.79 Å². The molecule has 0 spiro atoms. The summed E-state index contributed by atoms with van der Waals surface area (Å²) in [5.41, 5.74) is 1.16. The zero-order valence-electron chi connectivity index (χ0n) is 12.1. The number of carbonyl (C=O) groups excluding carboxylic acids is 1. The smallest absolute Gasteiger partial charge is 0.225 e. The second-order valence-electron chi connectivity index (χ2n) is 5.76. The summed E-state index contributed by atoms with van der Waals surface area (Å²) in [5, 5.41) is 3.77. The Balaban J connectivity index is 1.74. The molecule has 1 aliphatic carbocycles. The first-order valence-corrected chi connectivity index (χ1v) is 7.77. The summed E-state index contributed by atoms with van der Waals surface area (Å²) in [4.78, 5) is 12.3. The van der Waals surface area contributed by atoms with Gasteiger partial charge in [-0.05, 0) is 48.6 Å². The predicted octanol–water partition coefficient (Wildman–Crippen LogP) is 4.22. The monoisotopic (exact) mass is 317 g/mol. The van der Waals surface area contributed by atoms with Crippen LogP contribution in [0.1, 0.15) is 30.4 Å². The fraction of sp³-hybridized carbons (Fsp3) is 0.278. The summed E-state index contributed by atoms with van der Waals surface area (Å²) in [6, 6.07) is 13.9. The lowest BCUT2D eigenvalue weighted by Crippen LogP contribution is -2.51. The first kappa shape index (κ1) is 15.0. The van der Waals surface area contributed by atoms with Crippen molar-refractivity contribution in [3.05, 3.63) is 70.5 Å².